The Balaban J connectivity index is 2.29. The molecule has 1 unspecified atom stereocenters. The number of para-hydroxylation sites is 1. The number of benzene rings is 1. The SMILES string of the molecule is CC(=O)NC(C)c1nc2cccc(Br)c2n1-c1cncc(F)c1. The number of fused-ring (bicyclic) bond motifs is 1. The molecule has 0 radical (unpaired) electrons. The number of carbonyl (C=O) groups is 1. The standard InChI is InChI=1S/C16H14BrFN4O/c1-9(20-10(2)23)16-21-14-5-3-4-13(17)15(14)22(16)12-6-11(18)7-19-8-12/h3-9H,1-2H3,(H,20,23). The first-order chi connectivity index (χ1) is 11.0. The molecule has 0 saturated carbocycles. The highest BCUT2D eigenvalue weighted by Gasteiger charge is 2.20. The van der Waals surface area contributed by atoms with Crippen LogP contribution in [0.25, 0.3) is 16.7 Å². The maximum atomic E-state index is 13.6. The summed E-state index contributed by atoms with van der Waals surface area (Å²) in [5.41, 5.74) is 2.09. The maximum absolute atomic E-state index is 13.6. The molecule has 0 bridgehead atoms. The molecule has 7 heteroatoms. The molecule has 3 rings (SSSR count). The van der Waals surface area contributed by atoms with Gasteiger partial charge in [-0.15, -0.1) is 0 Å². The van der Waals surface area contributed by atoms with Crippen LogP contribution >= 0.6 is 15.9 Å². The number of carbonyl (C=O) groups excluding carboxylic acids is 1. The first kappa shape index (κ1) is 15.6. The second kappa shape index (κ2) is 6.08. The quantitative estimate of drug-likeness (QED) is 0.760. The van der Waals surface area contributed by atoms with E-state index in [0.29, 0.717) is 11.5 Å². The number of hydrogen-bond donors (Lipinski definition) is 1. The van der Waals surface area contributed by atoms with E-state index in [1.165, 1.54) is 13.0 Å². The summed E-state index contributed by atoms with van der Waals surface area (Å²) in [6.45, 7) is 3.28. The van der Waals surface area contributed by atoms with Crippen molar-refractivity contribution in [3.63, 3.8) is 0 Å². The summed E-state index contributed by atoms with van der Waals surface area (Å²) >= 11 is 3.51. The van der Waals surface area contributed by atoms with Crippen molar-refractivity contribution >= 4 is 32.9 Å². The third-order valence-corrected chi connectivity index (χ3v) is 4.05. The lowest BCUT2D eigenvalue weighted by Crippen LogP contribution is -2.26. The molecule has 118 valence electrons. The second-order valence-corrected chi connectivity index (χ2v) is 6.05. The normalized spacial score (nSPS) is 12.3. The van der Waals surface area contributed by atoms with Crippen LogP contribution in [-0.2, 0) is 4.79 Å². The predicted molar refractivity (Wildman–Crippen MR) is 88.8 cm³/mol. The fourth-order valence-corrected chi connectivity index (χ4v) is 3.08. The molecule has 0 aliphatic heterocycles. The zero-order valence-corrected chi connectivity index (χ0v) is 14.1. The van der Waals surface area contributed by atoms with Crippen LogP contribution in [0.2, 0.25) is 0 Å². The van der Waals surface area contributed by atoms with Crippen LogP contribution in [0.1, 0.15) is 25.7 Å². The monoisotopic (exact) mass is 376 g/mol. The van der Waals surface area contributed by atoms with E-state index in [-0.39, 0.29) is 11.9 Å². The van der Waals surface area contributed by atoms with E-state index in [0.717, 1.165) is 21.7 Å². The van der Waals surface area contributed by atoms with E-state index in [9.17, 15) is 9.18 Å². The highest BCUT2D eigenvalue weighted by molar-refractivity contribution is 9.10. The number of rotatable bonds is 3. The Labute approximate surface area is 140 Å². The van der Waals surface area contributed by atoms with E-state index < -0.39 is 5.82 Å². The minimum atomic E-state index is -0.436. The van der Waals surface area contributed by atoms with Crippen LogP contribution in [0.3, 0.4) is 0 Å². The zero-order valence-electron chi connectivity index (χ0n) is 12.5. The Bertz CT molecular complexity index is 893. The van der Waals surface area contributed by atoms with Gasteiger partial charge in [0.15, 0.2) is 0 Å². The molecular weight excluding hydrogens is 363 g/mol. The molecule has 3 aromatic rings. The van der Waals surface area contributed by atoms with Crippen LogP contribution in [0, 0.1) is 5.82 Å². The van der Waals surface area contributed by atoms with Gasteiger partial charge in [0.05, 0.1) is 35.2 Å². The average molecular weight is 377 g/mol. The molecular formula is C16H14BrFN4O. The Morgan fingerprint density at radius 2 is 2.17 bits per heavy atom. The third kappa shape index (κ3) is 2.96. The van der Waals surface area contributed by atoms with Crippen LogP contribution < -0.4 is 5.32 Å². The molecule has 0 aliphatic rings. The lowest BCUT2D eigenvalue weighted by atomic mass is 10.2. The molecule has 0 saturated heterocycles. The summed E-state index contributed by atoms with van der Waals surface area (Å²) in [6, 6.07) is 6.68. The highest BCUT2D eigenvalue weighted by atomic mass is 79.9. The number of pyridine rings is 1. The fourth-order valence-electron chi connectivity index (χ4n) is 2.55. The Morgan fingerprint density at radius 3 is 2.87 bits per heavy atom. The lowest BCUT2D eigenvalue weighted by molar-refractivity contribution is -0.119. The van der Waals surface area contributed by atoms with Crippen molar-refractivity contribution in [2.75, 3.05) is 0 Å². The minimum absolute atomic E-state index is 0.160. The molecule has 2 heterocycles. The molecule has 0 aliphatic carbocycles. The number of imidazole rings is 1. The van der Waals surface area contributed by atoms with Gasteiger partial charge in [-0.3, -0.25) is 14.3 Å². The van der Waals surface area contributed by atoms with Gasteiger partial charge in [0.1, 0.15) is 11.6 Å². The van der Waals surface area contributed by atoms with Crippen molar-refractivity contribution in [2.45, 2.75) is 19.9 Å². The van der Waals surface area contributed by atoms with Crippen molar-refractivity contribution in [1.29, 1.82) is 0 Å². The molecule has 1 aromatic carbocycles. The molecule has 1 atom stereocenters. The number of hydrogen-bond acceptors (Lipinski definition) is 3. The second-order valence-electron chi connectivity index (χ2n) is 5.20. The summed E-state index contributed by atoms with van der Waals surface area (Å²) in [5, 5.41) is 2.81. The molecule has 0 spiro atoms. The van der Waals surface area contributed by atoms with E-state index in [2.05, 4.69) is 31.2 Å². The largest absolute Gasteiger partial charge is 0.347 e. The molecule has 1 amide bonds. The molecule has 23 heavy (non-hydrogen) atoms. The topological polar surface area (TPSA) is 59.8 Å². The first-order valence-corrected chi connectivity index (χ1v) is 7.81. The predicted octanol–water partition coefficient (Wildman–Crippen LogP) is 3.52. The molecule has 5 nitrogen and oxygen atoms in total. The minimum Gasteiger partial charge on any atom is -0.347 e. The average Bonchev–Trinajstić information content (AvgIpc) is 2.87. The Morgan fingerprint density at radius 1 is 1.39 bits per heavy atom. The molecule has 0 fully saturated rings. The lowest BCUT2D eigenvalue weighted by Gasteiger charge is -2.15. The maximum Gasteiger partial charge on any atom is 0.217 e. The first-order valence-electron chi connectivity index (χ1n) is 7.02. The number of nitrogens with zero attached hydrogens (tertiary/aromatic N) is 3. The number of nitrogens with one attached hydrogen (secondary N) is 1. The fraction of sp³-hybridized carbons (Fsp3) is 0.188. The van der Waals surface area contributed by atoms with Crippen LogP contribution in [0.5, 0.6) is 0 Å². The van der Waals surface area contributed by atoms with Gasteiger partial charge >= 0.3 is 0 Å². The van der Waals surface area contributed by atoms with Crippen molar-refractivity contribution in [3.8, 4) is 5.69 Å². The van der Waals surface area contributed by atoms with Crippen molar-refractivity contribution in [1.82, 2.24) is 19.9 Å². The highest BCUT2D eigenvalue weighted by Crippen LogP contribution is 2.30. The van der Waals surface area contributed by atoms with E-state index in [1.807, 2.05) is 25.1 Å². The van der Waals surface area contributed by atoms with Crippen molar-refractivity contribution in [3.05, 3.63) is 52.8 Å². The summed E-state index contributed by atoms with van der Waals surface area (Å²) < 4.78 is 16.3. The van der Waals surface area contributed by atoms with Crippen LogP contribution in [-0.4, -0.2) is 20.4 Å². The number of amides is 1. The Hall–Kier alpha value is -2.28. The van der Waals surface area contributed by atoms with E-state index in [4.69, 9.17) is 0 Å². The zero-order chi connectivity index (χ0) is 16.6. The van der Waals surface area contributed by atoms with E-state index in [1.54, 1.807) is 10.8 Å². The third-order valence-electron chi connectivity index (χ3n) is 3.41. The summed E-state index contributed by atoms with van der Waals surface area (Å²) in [5.74, 6) is 0.0107. The van der Waals surface area contributed by atoms with Gasteiger partial charge in [-0.2, -0.15) is 0 Å². The van der Waals surface area contributed by atoms with Crippen molar-refractivity contribution < 1.29 is 9.18 Å². The van der Waals surface area contributed by atoms with Crippen LogP contribution in [0.15, 0.2) is 41.1 Å². The summed E-state index contributed by atoms with van der Waals surface area (Å²) in [6.07, 6.45) is 2.71. The van der Waals surface area contributed by atoms with Crippen LogP contribution in [0.4, 0.5) is 4.39 Å². The van der Waals surface area contributed by atoms with Gasteiger partial charge in [-0.25, -0.2) is 9.37 Å². The van der Waals surface area contributed by atoms with Gasteiger partial charge < -0.3 is 5.32 Å². The van der Waals surface area contributed by atoms with Gasteiger partial charge in [0.25, 0.3) is 0 Å². The van der Waals surface area contributed by atoms with E-state index >= 15 is 0 Å². The van der Waals surface area contributed by atoms with Gasteiger partial charge in [-0.05, 0) is 35.0 Å². The van der Waals surface area contributed by atoms with Gasteiger partial charge in [0.2, 0.25) is 5.91 Å². The Kier molecular flexibility index (Phi) is 4.12. The molecule has 1 N–H and O–H groups in total. The van der Waals surface area contributed by atoms with Gasteiger partial charge in [0, 0.05) is 17.5 Å². The smallest absolute Gasteiger partial charge is 0.217 e. The number of halogens is 2. The van der Waals surface area contributed by atoms with Gasteiger partial charge in [-0.1, -0.05) is 6.07 Å². The van der Waals surface area contributed by atoms with Crippen molar-refractivity contribution in [2.24, 2.45) is 0 Å². The summed E-state index contributed by atoms with van der Waals surface area (Å²) in [7, 11) is 0. The number of aromatic nitrogens is 3. The molecule has 2 aromatic heterocycles. The summed E-state index contributed by atoms with van der Waals surface area (Å²) in [4.78, 5) is 19.9.